The Morgan fingerprint density at radius 1 is 1.14 bits per heavy atom. The number of benzene rings is 1. The van der Waals surface area contributed by atoms with E-state index in [0.717, 1.165) is 5.56 Å². The summed E-state index contributed by atoms with van der Waals surface area (Å²) in [7, 11) is 0. The Labute approximate surface area is 171 Å². The van der Waals surface area contributed by atoms with Crippen molar-refractivity contribution >= 4 is 45.8 Å². The third-order valence-electron chi connectivity index (χ3n) is 4.27. The molecule has 6 nitrogen and oxygen atoms in total. The van der Waals surface area contributed by atoms with Crippen LogP contribution >= 0.6 is 23.2 Å². The number of carbonyl (C=O) groups excluding carboxylic acids is 1. The molecule has 0 saturated carbocycles. The van der Waals surface area contributed by atoms with E-state index in [1.807, 2.05) is 19.1 Å². The minimum atomic E-state index is -0.346. The van der Waals surface area contributed by atoms with Crippen molar-refractivity contribution in [2.24, 2.45) is 0 Å². The molecule has 0 saturated heterocycles. The number of hydrogen-bond acceptors (Lipinski definition) is 4. The van der Waals surface area contributed by atoms with Crippen molar-refractivity contribution in [3.63, 3.8) is 0 Å². The largest absolute Gasteiger partial charge is 0.322 e. The number of pyridine rings is 2. The van der Waals surface area contributed by atoms with E-state index in [9.17, 15) is 4.79 Å². The molecule has 4 aromatic rings. The van der Waals surface area contributed by atoms with Crippen molar-refractivity contribution in [3.05, 3.63) is 81.9 Å². The van der Waals surface area contributed by atoms with Crippen molar-refractivity contribution in [2.45, 2.75) is 13.5 Å². The van der Waals surface area contributed by atoms with Crippen LogP contribution < -0.4 is 5.32 Å². The van der Waals surface area contributed by atoms with Crippen LogP contribution in [0.25, 0.3) is 11.0 Å². The molecule has 0 bridgehead atoms. The number of nitrogens with zero attached hydrogens (tertiary/aromatic N) is 4. The number of nitrogens with one attached hydrogen (secondary N) is 1. The maximum Gasteiger partial charge on any atom is 0.258 e. The number of fused-ring (bicyclic) bond motifs is 1. The number of rotatable bonds is 4. The topological polar surface area (TPSA) is 72.7 Å². The highest BCUT2D eigenvalue weighted by Gasteiger charge is 2.19. The molecule has 0 radical (unpaired) electrons. The Morgan fingerprint density at radius 2 is 1.93 bits per heavy atom. The molecule has 0 aliphatic heterocycles. The Hall–Kier alpha value is -2.96. The van der Waals surface area contributed by atoms with Crippen molar-refractivity contribution < 1.29 is 4.79 Å². The maximum atomic E-state index is 12.7. The van der Waals surface area contributed by atoms with Crippen molar-refractivity contribution in [1.29, 1.82) is 0 Å². The number of aromatic nitrogens is 4. The zero-order chi connectivity index (χ0) is 19.7. The Kier molecular flexibility index (Phi) is 4.98. The highest BCUT2D eigenvalue weighted by Crippen LogP contribution is 2.29. The molecule has 28 heavy (non-hydrogen) atoms. The zero-order valence-corrected chi connectivity index (χ0v) is 16.4. The summed E-state index contributed by atoms with van der Waals surface area (Å²) in [5.74, 6) is -0.346. The smallest absolute Gasteiger partial charge is 0.258 e. The van der Waals surface area contributed by atoms with Crippen LogP contribution in [0.1, 0.15) is 21.6 Å². The summed E-state index contributed by atoms with van der Waals surface area (Å²) < 4.78 is 1.76. The monoisotopic (exact) mass is 411 g/mol. The highest BCUT2D eigenvalue weighted by molar-refractivity contribution is 6.39. The Bertz CT molecular complexity index is 1160. The first kappa shape index (κ1) is 18.4. The standard InChI is InChI=1S/C20H15Cl2N5O/c1-12-17-18(22)16(20(28)25-15-6-4-14(21)5-7-15)10-24-19(17)27(26-12)11-13-3-2-8-23-9-13/h2-10H,11H2,1H3,(H,25,28). The molecule has 1 amide bonds. The van der Waals surface area contributed by atoms with Gasteiger partial charge in [-0.3, -0.25) is 9.78 Å². The first-order chi connectivity index (χ1) is 13.5. The minimum absolute atomic E-state index is 0.285. The van der Waals surface area contributed by atoms with Gasteiger partial charge in [-0.05, 0) is 42.8 Å². The summed E-state index contributed by atoms with van der Waals surface area (Å²) in [5.41, 5.74) is 3.23. The summed E-state index contributed by atoms with van der Waals surface area (Å²) in [6.45, 7) is 2.36. The number of carbonyl (C=O) groups is 1. The minimum Gasteiger partial charge on any atom is -0.322 e. The molecule has 1 N–H and O–H groups in total. The van der Waals surface area contributed by atoms with Gasteiger partial charge in [0.05, 0.1) is 28.2 Å². The third kappa shape index (κ3) is 3.56. The number of amides is 1. The van der Waals surface area contributed by atoms with Crippen LogP contribution in [0.2, 0.25) is 10.0 Å². The first-order valence-electron chi connectivity index (χ1n) is 8.50. The average molecular weight is 412 g/mol. The number of hydrogen-bond donors (Lipinski definition) is 1. The summed E-state index contributed by atoms with van der Waals surface area (Å²) in [6.07, 6.45) is 4.96. The van der Waals surface area contributed by atoms with E-state index in [-0.39, 0.29) is 11.5 Å². The van der Waals surface area contributed by atoms with Gasteiger partial charge in [0.2, 0.25) is 0 Å². The quantitative estimate of drug-likeness (QED) is 0.526. The molecule has 3 heterocycles. The maximum absolute atomic E-state index is 12.7. The SMILES string of the molecule is Cc1nn(Cc2cccnc2)c2ncc(C(=O)Nc3ccc(Cl)cc3)c(Cl)c12. The normalized spacial score (nSPS) is 11.0. The van der Waals surface area contributed by atoms with Gasteiger partial charge in [0.1, 0.15) is 0 Å². The Balaban J connectivity index is 1.68. The second-order valence-corrected chi connectivity index (χ2v) is 7.06. The van der Waals surface area contributed by atoms with Gasteiger partial charge >= 0.3 is 0 Å². The van der Waals surface area contributed by atoms with Crippen LogP contribution in [0.4, 0.5) is 5.69 Å². The molecule has 0 unspecified atom stereocenters. The van der Waals surface area contributed by atoms with Gasteiger partial charge in [0, 0.05) is 29.3 Å². The first-order valence-corrected chi connectivity index (χ1v) is 9.26. The zero-order valence-electron chi connectivity index (χ0n) is 14.9. The molecule has 140 valence electrons. The van der Waals surface area contributed by atoms with Gasteiger partial charge in [0.15, 0.2) is 5.65 Å². The summed E-state index contributed by atoms with van der Waals surface area (Å²) >= 11 is 12.4. The third-order valence-corrected chi connectivity index (χ3v) is 4.92. The molecule has 0 atom stereocenters. The fourth-order valence-corrected chi connectivity index (χ4v) is 3.42. The second kappa shape index (κ2) is 7.58. The lowest BCUT2D eigenvalue weighted by molar-refractivity contribution is 0.102. The van der Waals surface area contributed by atoms with Crippen LogP contribution in [0, 0.1) is 6.92 Å². The van der Waals surface area contributed by atoms with Gasteiger partial charge in [-0.2, -0.15) is 5.10 Å². The van der Waals surface area contributed by atoms with Crippen molar-refractivity contribution in [3.8, 4) is 0 Å². The molecule has 0 aliphatic rings. The molecular weight excluding hydrogens is 397 g/mol. The molecule has 0 aliphatic carbocycles. The van der Waals surface area contributed by atoms with Crippen LogP contribution in [-0.2, 0) is 6.54 Å². The van der Waals surface area contributed by atoms with Crippen molar-refractivity contribution in [2.75, 3.05) is 5.32 Å². The molecule has 0 spiro atoms. The van der Waals surface area contributed by atoms with E-state index in [2.05, 4.69) is 20.4 Å². The molecule has 0 fully saturated rings. The summed E-state index contributed by atoms with van der Waals surface area (Å²) in [6, 6.07) is 10.7. The lowest BCUT2D eigenvalue weighted by Crippen LogP contribution is -2.13. The van der Waals surface area contributed by atoms with E-state index in [1.54, 1.807) is 41.3 Å². The van der Waals surface area contributed by atoms with E-state index in [0.29, 0.717) is 39.0 Å². The van der Waals surface area contributed by atoms with Gasteiger partial charge < -0.3 is 5.32 Å². The van der Waals surface area contributed by atoms with Gasteiger partial charge in [-0.15, -0.1) is 0 Å². The van der Waals surface area contributed by atoms with E-state index in [1.165, 1.54) is 6.20 Å². The molecular formula is C20H15Cl2N5O. The van der Waals surface area contributed by atoms with Crippen molar-refractivity contribution in [1.82, 2.24) is 19.7 Å². The number of anilines is 1. The average Bonchev–Trinajstić information content (AvgIpc) is 3.01. The Morgan fingerprint density at radius 3 is 2.64 bits per heavy atom. The summed E-state index contributed by atoms with van der Waals surface area (Å²) in [5, 5.41) is 8.92. The lowest BCUT2D eigenvalue weighted by atomic mass is 10.2. The van der Waals surface area contributed by atoms with E-state index in [4.69, 9.17) is 23.2 Å². The fourth-order valence-electron chi connectivity index (χ4n) is 2.94. The van der Waals surface area contributed by atoms with Crippen LogP contribution in [-0.4, -0.2) is 25.7 Å². The molecule has 3 aromatic heterocycles. The molecule has 1 aromatic carbocycles. The lowest BCUT2D eigenvalue weighted by Gasteiger charge is -2.08. The fraction of sp³-hybridized carbons (Fsp3) is 0.100. The number of aryl methyl sites for hydroxylation is 1. The van der Waals surface area contributed by atoms with Gasteiger partial charge in [-0.1, -0.05) is 29.3 Å². The predicted molar refractivity (Wildman–Crippen MR) is 110 cm³/mol. The highest BCUT2D eigenvalue weighted by atomic mass is 35.5. The van der Waals surface area contributed by atoms with E-state index >= 15 is 0 Å². The predicted octanol–water partition coefficient (Wildman–Crippen LogP) is 4.74. The van der Waals surface area contributed by atoms with Crippen LogP contribution in [0.3, 0.4) is 0 Å². The van der Waals surface area contributed by atoms with Crippen LogP contribution in [0.15, 0.2) is 55.0 Å². The summed E-state index contributed by atoms with van der Waals surface area (Å²) in [4.78, 5) is 21.2. The van der Waals surface area contributed by atoms with Gasteiger partial charge in [-0.25, -0.2) is 9.67 Å². The molecule has 8 heteroatoms. The van der Waals surface area contributed by atoms with Crippen LogP contribution in [0.5, 0.6) is 0 Å². The second-order valence-electron chi connectivity index (χ2n) is 6.25. The van der Waals surface area contributed by atoms with Gasteiger partial charge in [0.25, 0.3) is 5.91 Å². The van der Waals surface area contributed by atoms with E-state index < -0.39 is 0 Å². The number of halogens is 2. The molecule has 4 rings (SSSR count).